The average molecular weight is 254 g/mol. The molecule has 0 bridgehead atoms. The van der Waals surface area contributed by atoms with Crippen molar-refractivity contribution in [2.24, 2.45) is 5.92 Å². The van der Waals surface area contributed by atoms with Crippen LogP contribution < -0.4 is 5.32 Å². The summed E-state index contributed by atoms with van der Waals surface area (Å²) < 4.78 is 5.27. The normalized spacial score (nSPS) is 31.0. The molecule has 3 heteroatoms. The summed E-state index contributed by atoms with van der Waals surface area (Å²) in [7, 11) is 1.83. The Balaban J connectivity index is 1.68. The van der Waals surface area contributed by atoms with Crippen LogP contribution >= 0.6 is 0 Å². The SMILES string of the molecule is CCCNC1CCC(N2CCC(COC)CC2)C1. The van der Waals surface area contributed by atoms with Gasteiger partial charge in [0.25, 0.3) is 0 Å². The van der Waals surface area contributed by atoms with E-state index in [1.807, 2.05) is 7.11 Å². The maximum absolute atomic E-state index is 5.27. The van der Waals surface area contributed by atoms with Gasteiger partial charge < -0.3 is 15.0 Å². The predicted molar refractivity (Wildman–Crippen MR) is 75.9 cm³/mol. The molecule has 1 saturated carbocycles. The molecule has 2 atom stereocenters. The number of hydrogen-bond donors (Lipinski definition) is 1. The molecule has 2 rings (SSSR count). The summed E-state index contributed by atoms with van der Waals surface area (Å²) >= 11 is 0. The minimum absolute atomic E-state index is 0.784. The van der Waals surface area contributed by atoms with E-state index < -0.39 is 0 Å². The third-order valence-corrected chi connectivity index (χ3v) is 4.66. The maximum Gasteiger partial charge on any atom is 0.0491 e. The van der Waals surface area contributed by atoms with Gasteiger partial charge in [0.2, 0.25) is 0 Å². The highest BCUT2D eigenvalue weighted by atomic mass is 16.5. The van der Waals surface area contributed by atoms with E-state index in [0.717, 1.165) is 24.6 Å². The largest absolute Gasteiger partial charge is 0.384 e. The first-order valence-corrected chi connectivity index (χ1v) is 7.79. The van der Waals surface area contributed by atoms with Crippen LogP contribution in [-0.4, -0.2) is 50.3 Å². The van der Waals surface area contributed by atoms with Crippen LogP contribution in [0.5, 0.6) is 0 Å². The van der Waals surface area contributed by atoms with E-state index in [1.165, 1.54) is 58.2 Å². The molecule has 2 unspecified atom stereocenters. The number of hydrogen-bond acceptors (Lipinski definition) is 3. The van der Waals surface area contributed by atoms with Crippen LogP contribution in [-0.2, 0) is 4.74 Å². The molecule has 2 aliphatic rings. The summed E-state index contributed by atoms with van der Waals surface area (Å²) in [5, 5.41) is 3.68. The van der Waals surface area contributed by atoms with E-state index in [-0.39, 0.29) is 0 Å². The third-order valence-electron chi connectivity index (χ3n) is 4.66. The highest BCUT2D eigenvalue weighted by Gasteiger charge is 2.31. The van der Waals surface area contributed by atoms with Gasteiger partial charge in [-0.1, -0.05) is 6.92 Å². The van der Waals surface area contributed by atoms with Crippen molar-refractivity contribution in [3.8, 4) is 0 Å². The zero-order valence-electron chi connectivity index (χ0n) is 12.2. The Bertz CT molecular complexity index is 227. The fraction of sp³-hybridized carbons (Fsp3) is 1.00. The molecule has 0 aromatic heterocycles. The Kier molecular flexibility index (Phi) is 5.93. The number of methoxy groups -OCH3 is 1. The average Bonchev–Trinajstić information content (AvgIpc) is 2.86. The summed E-state index contributed by atoms with van der Waals surface area (Å²) in [6.07, 6.45) is 8.06. The number of piperidine rings is 1. The third kappa shape index (κ3) is 3.94. The van der Waals surface area contributed by atoms with Crippen LogP contribution in [0.4, 0.5) is 0 Å². The summed E-state index contributed by atoms with van der Waals surface area (Å²) in [6, 6.07) is 1.63. The molecule has 0 amide bonds. The van der Waals surface area contributed by atoms with Crippen LogP contribution in [0.2, 0.25) is 0 Å². The van der Waals surface area contributed by atoms with Crippen LogP contribution in [0.15, 0.2) is 0 Å². The Labute approximate surface area is 112 Å². The van der Waals surface area contributed by atoms with Gasteiger partial charge in [0.1, 0.15) is 0 Å². The van der Waals surface area contributed by atoms with E-state index in [2.05, 4.69) is 17.1 Å². The number of ether oxygens (including phenoxy) is 1. The smallest absolute Gasteiger partial charge is 0.0491 e. The van der Waals surface area contributed by atoms with Crippen LogP contribution in [0, 0.1) is 5.92 Å². The Morgan fingerprint density at radius 1 is 1.17 bits per heavy atom. The Morgan fingerprint density at radius 2 is 1.94 bits per heavy atom. The molecular formula is C15H30N2O. The highest BCUT2D eigenvalue weighted by molar-refractivity contribution is 4.88. The molecule has 0 radical (unpaired) electrons. The molecule has 0 spiro atoms. The van der Waals surface area contributed by atoms with Gasteiger partial charge in [-0.25, -0.2) is 0 Å². The van der Waals surface area contributed by atoms with Gasteiger partial charge in [0.15, 0.2) is 0 Å². The lowest BCUT2D eigenvalue weighted by Crippen LogP contribution is -2.41. The van der Waals surface area contributed by atoms with Crippen LogP contribution in [0.1, 0.15) is 45.4 Å². The summed E-state index contributed by atoms with van der Waals surface area (Å²) in [6.45, 7) is 6.98. The fourth-order valence-electron chi connectivity index (χ4n) is 3.54. The summed E-state index contributed by atoms with van der Waals surface area (Å²) in [5.41, 5.74) is 0. The Morgan fingerprint density at radius 3 is 2.61 bits per heavy atom. The fourth-order valence-corrected chi connectivity index (χ4v) is 3.54. The van der Waals surface area contributed by atoms with Crippen molar-refractivity contribution in [2.75, 3.05) is 33.4 Å². The summed E-state index contributed by atoms with van der Waals surface area (Å²) in [5.74, 6) is 0.807. The van der Waals surface area contributed by atoms with E-state index >= 15 is 0 Å². The number of likely N-dealkylation sites (tertiary alicyclic amines) is 1. The first kappa shape index (κ1) is 14.3. The number of nitrogens with zero attached hydrogens (tertiary/aromatic N) is 1. The van der Waals surface area contributed by atoms with Gasteiger partial charge in [-0.3, -0.25) is 0 Å². The number of nitrogens with one attached hydrogen (secondary N) is 1. The molecule has 0 aromatic rings. The lowest BCUT2D eigenvalue weighted by Gasteiger charge is -2.36. The monoisotopic (exact) mass is 254 g/mol. The van der Waals surface area contributed by atoms with Crippen molar-refractivity contribution in [3.05, 3.63) is 0 Å². The molecule has 1 heterocycles. The first-order chi connectivity index (χ1) is 8.83. The molecule has 18 heavy (non-hydrogen) atoms. The van der Waals surface area contributed by atoms with Crippen molar-refractivity contribution < 1.29 is 4.74 Å². The molecule has 106 valence electrons. The van der Waals surface area contributed by atoms with Crippen molar-refractivity contribution >= 4 is 0 Å². The Hall–Kier alpha value is -0.120. The van der Waals surface area contributed by atoms with E-state index in [1.54, 1.807) is 0 Å². The molecule has 2 fully saturated rings. The van der Waals surface area contributed by atoms with Gasteiger partial charge in [-0.2, -0.15) is 0 Å². The lowest BCUT2D eigenvalue weighted by molar-refractivity contribution is 0.0802. The molecule has 1 N–H and O–H groups in total. The zero-order valence-corrected chi connectivity index (χ0v) is 12.2. The quantitative estimate of drug-likeness (QED) is 0.787. The van der Waals surface area contributed by atoms with Gasteiger partial charge in [-0.15, -0.1) is 0 Å². The molecule has 3 nitrogen and oxygen atoms in total. The molecule has 0 aromatic carbocycles. The topological polar surface area (TPSA) is 24.5 Å². The van der Waals surface area contributed by atoms with Crippen molar-refractivity contribution in [1.82, 2.24) is 10.2 Å². The minimum Gasteiger partial charge on any atom is -0.384 e. The van der Waals surface area contributed by atoms with Gasteiger partial charge in [0.05, 0.1) is 0 Å². The molecular weight excluding hydrogens is 224 g/mol. The molecule has 1 aliphatic heterocycles. The lowest BCUT2D eigenvalue weighted by atomic mass is 9.96. The number of rotatable bonds is 6. The second-order valence-electron chi connectivity index (χ2n) is 6.05. The first-order valence-electron chi connectivity index (χ1n) is 7.79. The zero-order chi connectivity index (χ0) is 12.8. The van der Waals surface area contributed by atoms with Crippen LogP contribution in [0.3, 0.4) is 0 Å². The maximum atomic E-state index is 5.27. The highest BCUT2D eigenvalue weighted by Crippen LogP contribution is 2.28. The second-order valence-corrected chi connectivity index (χ2v) is 6.05. The van der Waals surface area contributed by atoms with Crippen molar-refractivity contribution in [3.63, 3.8) is 0 Å². The summed E-state index contributed by atoms with van der Waals surface area (Å²) in [4.78, 5) is 2.74. The molecule has 1 saturated heterocycles. The van der Waals surface area contributed by atoms with Gasteiger partial charge >= 0.3 is 0 Å². The predicted octanol–water partition coefficient (Wildman–Crippen LogP) is 2.27. The minimum atomic E-state index is 0.784. The van der Waals surface area contributed by atoms with E-state index in [9.17, 15) is 0 Å². The van der Waals surface area contributed by atoms with Gasteiger partial charge in [0, 0.05) is 25.8 Å². The van der Waals surface area contributed by atoms with E-state index in [4.69, 9.17) is 4.74 Å². The standard InChI is InChI=1S/C15H30N2O/c1-3-8-16-14-4-5-15(11-14)17-9-6-13(7-10-17)12-18-2/h13-16H,3-12H2,1-2H3. The second kappa shape index (κ2) is 7.46. The van der Waals surface area contributed by atoms with Crippen molar-refractivity contribution in [1.29, 1.82) is 0 Å². The van der Waals surface area contributed by atoms with Crippen molar-refractivity contribution in [2.45, 2.75) is 57.5 Å². The van der Waals surface area contributed by atoms with Crippen LogP contribution in [0.25, 0.3) is 0 Å². The molecule has 1 aliphatic carbocycles. The van der Waals surface area contributed by atoms with E-state index in [0.29, 0.717) is 0 Å². The van der Waals surface area contributed by atoms with Gasteiger partial charge in [-0.05, 0) is 64.1 Å².